The molecule has 0 saturated heterocycles. The number of hydrogen-bond acceptors (Lipinski definition) is 4. The third-order valence-corrected chi connectivity index (χ3v) is 4.36. The lowest BCUT2D eigenvalue weighted by Gasteiger charge is -2.12. The summed E-state index contributed by atoms with van der Waals surface area (Å²) < 4.78 is 18.7. The van der Waals surface area contributed by atoms with Crippen LogP contribution in [0.4, 0.5) is 9.52 Å². The number of benzene rings is 2. The summed E-state index contributed by atoms with van der Waals surface area (Å²) in [5.41, 5.74) is 2.68. The van der Waals surface area contributed by atoms with E-state index in [9.17, 15) is 4.39 Å². The van der Waals surface area contributed by atoms with Gasteiger partial charge in [0.15, 0.2) is 16.7 Å². The average Bonchev–Trinajstić information content (AvgIpc) is 3.04. The molecule has 1 N–H and O–H groups in total. The second-order valence-electron chi connectivity index (χ2n) is 5.16. The summed E-state index contributed by atoms with van der Waals surface area (Å²) in [4.78, 5) is 4.54. The summed E-state index contributed by atoms with van der Waals surface area (Å²) >= 11 is 1.51. The molecular weight excluding hydrogens is 311 g/mol. The van der Waals surface area contributed by atoms with Gasteiger partial charge in [0.25, 0.3) is 0 Å². The summed E-state index contributed by atoms with van der Waals surface area (Å²) in [5, 5.41) is 6.10. The molecule has 1 unspecified atom stereocenters. The van der Waals surface area contributed by atoms with Crippen LogP contribution in [0, 0.1) is 5.82 Å². The third-order valence-electron chi connectivity index (χ3n) is 3.59. The zero-order chi connectivity index (χ0) is 16.2. The van der Waals surface area contributed by atoms with E-state index in [1.54, 1.807) is 12.1 Å². The van der Waals surface area contributed by atoms with E-state index in [-0.39, 0.29) is 17.6 Å². The number of halogens is 1. The van der Waals surface area contributed by atoms with Gasteiger partial charge < -0.3 is 10.1 Å². The molecule has 0 spiro atoms. The highest BCUT2D eigenvalue weighted by molar-refractivity contribution is 7.14. The molecule has 3 aromatic rings. The number of ether oxygens (including phenoxy) is 1. The first-order valence-electron chi connectivity index (χ1n) is 7.28. The molecule has 0 fully saturated rings. The summed E-state index contributed by atoms with van der Waals surface area (Å²) in [6, 6.07) is 15.2. The molecule has 3 nitrogen and oxygen atoms in total. The van der Waals surface area contributed by atoms with Gasteiger partial charge in [0.2, 0.25) is 0 Å². The highest BCUT2D eigenvalue weighted by Gasteiger charge is 2.11. The predicted molar refractivity (Wildman–Crippen MR) is 92.5 cm³/mol. The molecule has 2 aromatic carbocycles. The number of aromatic nitrogens is 1. The number of nitrogens with zero attached hydrogens (tertiary/aromatic N) is 1. The Hall–Kier alpha value is -2.40. The van der Waals surface area contributed by atoms with E-state index in [1.807, 2.05) is 23.6 Å². The van der Waals surface area contributed by atoms with Gasteiger partial charge in [0.05, 0.1) is 18.8 Å². The van der Waals surface area contributed by atoms with Gasteiger partial charge in [-0.1, -0.05) is 30.3 Å². The predicted octanol–water partition coefficient (Wildman–Crippen LogP) is 5.13. The Bertz CT molecular complexity index is 789. The van der Waals surface area contributed by atoms with Crippen molar-refractivity contribution in [1.29, 1.82) is 0 Å². The van der Waals surface area contributed by atoms with Crippen molar-refractivity contribution in [2.45, 2.75) is 13.0 Å². The zero-order valence-electron chi connectivity index (χ0n) is 12.9. The minimum Gasteiger partial charge on any atom is -0.494 e. The lowest BCUT2D eigenvalue weighted by atomic mass is 10.1. The van der Waals surface area contributed by atoms with Crippen molar-refractivity contribution in [3.8, 4) is 17.0 Å². The fourth-order valence-corrected chi connectivity index (χ4v) is 3.12. The maximum Gasteiger partial charge on any atom is 0.183 e. The van der Waals surface area contributed by atoms with Crippen molar-refractivity contribution in [2.24, 2.45) is 0 Å². The van der Waals surface area contributed by atoms with Crippen molar-refractivity contribution in [1.82, 2.24) is 4.98 Å². The summed E-state index contributed by atoms with van der Waals surface area (Å²) in [7, 11) is 1.45. The van der Waals surface area contributed by atoms with Crippen LogP contribution in [0.15, 0.2) is 53.9 Å². The van der Waals surface area contributed by atoms with E-state index in [0.29, 0.717) is 0 Å². The maximum atomic E-state index is 13.8. The molecule has 1 heterocycles. The van der Waals surface area contributed by atoms with Crippen LogP contribution in [0.2, 0.25) is 0 Å². The van der Waals surface area contributed by atoms with E-state index in [1.165, 1.54) is 30.1 Å². The van der Waals surface area contributed by atoms with Crippen molar-refractivity contribution in [3.05, 3.63) is 65.3 Å². The van der Waals surface area contributed by atoms with Crippen molar-refractivity contribution < 1.29 is 9.13 Å². The van der Waals surface area contributed by atoms with E-state index in [0.717, 1.165) is 16.4 Å². The lowest BCUT2D eigenvalue weighted by molar-refractivity contribution is 0.386. The van der Waals surface area contributed by atoms with Gasteiger partial charge in [0, 0.05) is 10.9 Å². The Balaban J connectivity index is 1.77. The van der Waals surface area contributed by atoms with Crippen molar-refractivity contribution >= 4 is 16.5 Å². The van der Waals surface area contributed by atoms with Gasteiger partial charge in [-0.05, 0) is 30.7 Å². The molecule has 118 valence electrons. The Labute approximate surface area is 138 Å². The van der Waals surface area contributed by atoms with Crippen LogP contribution in [0.1, 0.15) is 18.5 Å². The van der Waals surface area contributed by atoms with Gasteiger partial charge in [0.1, 0.15) is 0 Å². The summed E-state index contributed by atoms with van der Waals surface area (Å²) in [5.74, 6) is -0.148. The topological polar surface area (TPSA) is 34.1 Å². The zero-order valence-corrected chi connectivity index (χ0v) is 13.7. The monoisotopic (exact) mass is 328 g/mol. The van der Waals surface area contributed by atoms with E-state index < -0.39 is 0 Å². The fourth-order valence-electron chi connectivity index (χ4n) is 2.31. The minimum atomic E-state index is -0.384. The Kier molecular flexibility index (Phi) is 4.57. The quantitative estimate of drug-likeness (QED) is 0.705. The number of methoxy groups -OCH3 is 1. The molecule has 0 aliphatic carbocycles. The van der Waals surface area contributed by atoms with Crippen LogP contribution < -0.4 is 10.1 Å². The molecule has 1 aromatic heterocycles. The van der Waals surface area contributed by atoms with Crippen LogP contribution in [-0.2, 0) is 0 Å². The number of hydrogen-bond donors (Lipinski definition) is 1. The first-order valence-corrected chi connectivity index (χ1v) is 8.16. The van der Waals surface area contributed by atoms with Gasteiger partial charge in [-0.15, -0.1) is 11.3 Å². The number of anilines is 1. The smallest absolute Gasteiger partial charge is 0.183 e. The fraction of sp³-hybridized carbons (Fsp3) is 0.167. The van der Waals surface area contributed by atoms with Gasteiger partial charge in [-0.25, -0.2) is 9.37 Å². The molecule has 0 saturated carbocycles. The van der Waals surface area contributed by atoms with Gasteiger partial charge >= 0.3 is 0 Å². The van der Waals surface area contributed by atoms with Crippen LogP contribution >= 0.6 is 11.3 Å². The van der Waals surface area contributed by atoms with Crippen molar-refractivity contribution in [2.75, 3.05) is 12.4 Å². The van der Waals surface area contributed by atoms with Crippen LogP contribution in [-0.4, -0.2) is 12.1 Å². The molecule has 1 atom stereocenters. The second kappa shape index (κ2) is 6.79. The number of thiazole rings is 1. The molecule has 0 aliphatic heterocycles. The molecular formula is C18H17FN2OS. The highest BCUT2D eigenvalue weighted by Crippen LogP contribution is 2.30. The van der Waals surface area contributed by atoms with Crippen LogP contribution in [0.25, 0.3) is 11.3 Å². The average molecular weight is 328 g/mol. The minimum absolute atomic E-state index is 0.155. The van der Waals surface area contributed by atoms with E-state index in [2.05, 4.69) is 29.4 Å². The van der Waals surface area contributed by atoms with Crippen LogP contribution in [0.3, 0.4) is 0 Å². The largest absolute Gasteiger partial charge is 0.494 e. The summed E-state index contributed by atoms with van der Waals surface area (Å²) in [6.07, 6.45) is 0. The lowest BCUT2D eigenvalue weighted by Crippen LogP contribution is -2.05. The standard InChI is InChI=1S/C18H17FN2OS/c1-12(13-6-4-3-5-7-13)20-18-21-16(11-23-18)14-8-9-17(22-2)15(19)10-14/h3-12H,1-2H3,(H,20,21). The first-order chi connectivity index (χ1) is 11.2. The second-order valence-corrected chi connectivity index (χ2v) is 6.02. The molecule has 0 radical (unpaired) electrons. The number of rotatable bonds is 5. The Morgan fingerprint density at radius 1 is 1.17 bits per heavy atom. The normalized spacial score (nSPS) is 12.0. The number of nitrogens with one attached hydrogen (secondary N) is 1. The summed E-state index contributed by atoms with van der Waals surface area (Å²) in [6.45, 7) is 2.09. The molecule has 5 heteroatoms. The molecule has 0 aliphatic rings. The molecule has 23 heavy (non-hydrogen) atoms. The Morgan fingerprint density at radius 2 is 1.96 bits per heavy atom. The van der Waals surface area contributed by atoms with Crippen molar-refractivity contribution in [3.63, 3.8) is 0 Å². The van der Waals surface area contributed by atoms with Crippen LogP contribution in [0.5, 0.6) is 5.75 Å². The Morgan fingerprint density at radius 3 is 2.65 bits per heavy atom. The maximum absolute atomic E-state index is 13.8. The van der Waals surface area contributed by atoms with E-state index in [4.69, 9.17) is 4.74 Å². The third kappa shape index (κ3) is 3.51. The molecule has 0 bridgehead atoms. The molecule has 0 amide bonds. The van der Waals surface area contributed by atoms with Gasteiger partial charge in [-0.2, -0.15) is 0 Å². The van der Waals surface area contributed by atoms with E-state index >= 15 is 0 Å². The molecule has 3 rings (SSSR count). The van der Waals surface area contributed by atoms with Gasteiger partial charge in [-0.3, -0.25) is 0 Å². The highest BCUT2D eigenvalue weighted by atomic mass is 32.1. The first kappa shape index (κ1) is 15.5. The SMILES string of the molecule is COc1ccc(-c2csc(NC(C)c3ccccc3)n2)cc1F.